The van der Waals surface area contributed by atoms with E-state index in [0.717, 1.165) is 6.07 Å². The first-order valence-electron chi connectivity index (χ1n) is 11.0. The summed E-state index contributed by atoms with van der Waals surface area (Å²) in [5, 5.41) is 5.57. The second-order valence-corrected chi connectivity index (χ2v) is 8.74. The maximum Gasteiger partial charge on any atom is 0.418 e. The summed E-state index contributed by atoms with van der Waals surface area (Å²) in [5.41, 5.74) is 5.82. The second-order valence-electron chi connectivity index (χ2n) is 8.74. The van der Waals surface area contributed by atoms with E-state index >= 15 is 0 Å². The Labute approximate surface area is 200 Å². The van der Waals surface area contributed by atoms with E-state index in [9.17, 15) is 22.8 Å². The van der Waals surface area contributed by atoms with Crippen LogP contribution in [-0.4, -0.2) is 21.7 Å². The average molecular weight is 483 g/mol. The lowest BCUT2D eigenvalue weighted by molar-refractivity contribution is -0.137. The normalized spacial score (nSPS) is 14.3. The molecule has 0 aliphatic heterocycles. The number of nitrogens with zero attached hydrogens (tertiary/aromatic N) is 2. The number of amides is 1. The Hall–Kier alpha value is -3.95. The molecule has 0 atom stereocenters. The first-order valence-corrected chi connectivity index (χ1v) is 11.0. The van der Waals surface area contributed by atoms with Crippen LogP contribution in [-0.2, 0) is 17.5 Å². The van der Waals surface area contributed by atoms with Crippen molar-refractivity contribution >= 4 is 28.9 Å². The number of carbonyl (C=O) groups excluding carboxylic acids is 2. The highest BCUT2D eigenvalue weighted by atomic mass is 19.4. The molecular weight excluding hydrogens is 459 g/mol. The molecule has 2 heterocycles. The van der Waals surface area contributed by atoms with Gasteiger partial charge in [0.05, 0.1) is 40.8 Å². The molecule has 2 aromatic heterocycles. The van der Waals surface area contributed by atoms with Crippen LogP contribution in [0.4, 0.5) is 30.4 Å². The Morgan fingerprint density at radius 3 is 2.43 bits per heavy atom. The summed E-state index contributed by atoms with van der Waals surface area (Å²) < 4.78 is 40.0. The molecule has 0 saturated heterocycles. The number of halogens is 3. The molecule has 0 radical (unpaired) electrons. The van der Waals surface area contributed by atoms with Gasteiger partial charge in [-0.25, -0.2) is 4.98 Å². The van der Waals surface area contributed by atoms with Gasteiger partial charge in [0.2, 0.25) is 5.91 Å². The van der Waals surface area contributed by atoms with Gasteiger partial charge in [0.25, 0.3) is 0 Å². The molecule has 182 valence electrons. The molecule has 7 nitrogen and oxygen atoms in total. The monoisotopic (exact) mass is 483 g/mol. The lowest BCUT2D eigenvalue weighted by Gasteiger charge is -2.16. The van der Waals surface area contributed by atoms with Crippen LogP contribution in [0.25, 0.3) is 0 Å². The summed E-state index contributed by atoms with van der Waals surface area (Å²) in [4.78, 5) is 33.4. The van der Waals surface area contributed by atoms with Crippen molar-refractivity contribution < 1.29 is 22.8 Å². The Bertz CT molecular complexity index is 1240. The van der Waals surface area contributed by atoms with Crippen LogP contribution in [0.15, 0.2) is 54.9 Å². The number of Topliss-reactive ketones (excluding diaryl/α,β-unsaturated/α-hetero) is 1. The van der Waals surface area contributed by atoms with Gasteiger partial charge >= 0.3 is 6.18 Å². The number of carbonyl (C=O) groups is 2. The number of alkyl halides is 3. The van der Waals surface area contributed by atoms with Crippen LogP contribution < -0.4 is 16.4 Å². The maximum atomic E-state index is 13.3. The molecule has 0 bridgehead atoms. The fraction of sp³-hybridized carbons (Fsp3) is 0.280. The van der Waals surface area contributed by atoms with Gasteiger partial charge in [0, 0.05) is 18.2 Å². The summed E-state index contributed by atoms with van der Waals surface area (Å²) in [6.07, 6.45) is -0.372. The Morgan fingerprint density at radius 1 is 1.06 bits per heavy atom. The summed E-state index contributed by atoms with van der Waals surface area (Å²) in [6.45, 7) is 1.73. The lowest BCUT2D eigenvalue weighted by atomic mass is 9.95. The van der Waals surface area contributed by atoms with Crippen LogP contribution in [0.3, 0.4) is 0 Å². The van der Waals surface area contributed by atoms with E-state index in [1.165, 1.54) is 18.5 Å². The highest BCUT2D eigenvalue weighted by Crippen LogP contribution is 2.49. The highest BCUT2D eigenvalue weighted by molar-refractivity contribution is 6.00. The molecule has 35 heavy (non-hydrogen) atoms. The summed E-state index contributed by atoms with van der Waals surface area (Å²) >= 11 is 0. The third kappa shape index (κ3) is 5.76. The molecule has 1 aromatic carbocycles. The van der Waals surface area contributed by atoms with Crippen LogP contribution in [0.5, 0.6) is 0 Å². The fourth-order valence-electron chi connectivity index (χ4n) is 3.73. The van der Waals surface area contributed by atoms with Crippen molar-refractivity contribution in [3.05, 3.63) is 77.2 Å². The highest BCUT2D eigenvalue weighted by Gasteiger charge is 2.51. The zero-order valence-corrected chi connectivity index (χ0v) is 18.9. The molecule has 3 aromatic rings. The van der Waals surface area contributed by atoms with Gasteiger partial charge in [0.15, 0.2) is 5.78 Å². The summed E-state index contributed by atoms with van der Waals surface area (Å²) in [5.74, 6) is -0.0884. The molecule has 0 spiro atoms. The van der Waals surface area contributed by atoms with E-state index in [1.807, 2.05) is 0 Å². The molecular formula is C25H24F3N5O2. The minimum Gasteiger partial charge on any atom is -0.384 e. The quantitative estimate of drug-likeness (QED) is 0.397. The smallest absolute Gasteiger partial charge is 0.384 e. The minimum absolute atomic E-state index is 0.0670. The van der Waals surface area contributed by atoms with Gasteiger partial charge in [-0.3, -0.25) is 14.6 Å². The first-order chi connectivity index (χ1) is 16.6. The Kier molecular flexibility index (Phi) is 6.47. The number of benzene rings is 1. The SMILES string of the molecule is Cc1ccc(Nc2ccc(CNC(=O)C3(CC(=O)c4ccc(N)nc4)CC3)nc2)c(C(F)(F)F)c1. The third-order valence-electron chi connectivity index (χ3n) is 5.96. The molecule has 1 aliphatic carbocycles. The van der Waals surface area contributed by atoms with Gasteiger partial charge in [-0.1, -0.05) is 11.6 Å². The van der Waals surface area contributed by atoms with Gasteiger partial charge in [0.1, 0.15) is 5.82 Å². The standard InChI is InChI=1S/C25H24F3N5O2/c1-15-2-6-20(19(10-15)25(26,27)28)33-18-5-4-17(30-14-18)13-32-23(35)24(8-9-24)11-21(34)16-3-7-22(29)31-12-16/h2-7,10,12,14,33H,8-9,11,13H2,1H3,(H2,29,31)(H,32,35). The van der Waals surface area contributed by atoms with Crippen molar-refractivity contribution in [1.82, 2.24) is 15.3 Å². The topological polar surface area (TPSA) is 110 Å². The van der Waals surface area contributed by atoms with Crippen molar-refractivity contribution in [1.29, 1.82) is 0 Å². The predicted molar refractivity (Wildman–Crippen MR) is 125 cm³/mol. The number of aromatic nitrogens is 2. The number of ketones is 1. The van der Waals surface area contributed by atoms with E-state index < -0.39 is 17.2 Å². The minimum atomic E-state index is -4.49. The number of nitrogen functional groups attached to an aromatic ring is 1. The van der Waals surface area contributed by atoms with E-state index in [0.29, 0.717) is 41.2 Å². The lowest BCUT2D eigenvalue weighted by Crippen LogP contribution is -2.33. The second kappa shape index (κ2) is 9.36. The number of pyridine rings is 2. The summed E-state index contributed by atoms with van der Waals surface area (Å²) in [7, 11) is 0. The molecule has 1 amide bonds. The zero-order chi connectivity index (χ0) is 25.2. The average Bonchev–Trinajstić information content (AvgIpc) is 3.60. The van der Waals surface area contributed by atoms with E-state index in [1.54, 1.807) is 37.3 Å². The first kappa shape index (κ1) is 24.2. The third-order valence-corrected chi connectivity index (χ3v) is 5.96. The van der Waals surface area contributed by atoms with Crippen LogP contribution in [0.2, 0.25) is 0 Å². The van der Waals surface area contributed by atoms with E-state index in [-0.39, 0.29) is 30.3 Å². The van der Waals surface area contributed by atoms with Gasteiger partial charge in [-0.15, -0.1) is 0 Å². The predicted octanol–water partition coefficient (Wildman–Crippen LogP) is 4.80. The maximum absolute atomic E-state index is 13.3. The van der Waals surface area contributed by atoms with Crippen molar-refractivity contribution in [3.63, 3.8) is 0 Å². The van der Waals surface area contributed by atoms with Gasteiger partial charge < -0.3 is 16.4 Å². The molecule has 1 saturated carbocycles. The van der Waals surface area contributed by atoms with Crippen LogP contribution in [0.1, 0.15) is 46.4 Å². The Morgan fingerprint density at radius 2 is 1.83 bits per heavy atom. The zero-order valence-electron chi connectivity index (χ0n) is 18.9. The van der Waals surface area contributed by atoms with Gasteiger partial charge in [-0.2, -0.15) is 13.2 Å². The van der Waals surface area contributed by atoms with E-state index in [2.05, 4.69) is 20.6 Å². The van der Waals surface area contributed by atoms with Crippen LogP contribution in [0, 0.1) is 12.3 Å². The molecule has 0 unspecified atom stereocenters. The number of hydrogen-bond acceptors (Lipinski definition) is 6. The summed E-state index contributed by atoms with van der Waals surface area (Å²) in [6, 6.07) is 10.4. The molecule has 10 heteroatoms. The van der Waals surface area contributed by atoms with Crippen molar-refractivity contribution in [3.8, 4) is 0 Å². The molecule has 4 N–H and O–H groups in total. The van der Waals surface area contributed by atoms with E-state index in [4.69, 9.17) is 5.73 Å². The molecule has 1 aliphatic rings. The number of nitrogens with one attached hydrogen (secondary N) is 2. The molecule has 1 fully saturated rings. The number of nitrogens with two attached hydrogens (primary N) is 1. The van der Waals surface area contributed by atoms with Crippen molar-refractivity contribution in [2.24, 2.45) is 5.41 Å². The Balaban J connectivity index is 1.34. The molecule has 4 rings (SSSR count). The number of rotatable bonds is 8. The number of anilines is 3. The van der Waals surface area contributed by atoms with Gasteiger partial charge in [-0.05, 0) is 56.2 Å². The van der Waals surface area contributed by atoms with Crippen molar-refractivity contribution in [2.75, 3.05) is 11.1 Å². The largest absolute Gasteiger partial charge is 0.418 e. The fourth-order valence-corrected chi connectivity index (χ4v) is 3.73. The number of hydrogen-bond donors (Lipinski definition) is 3. The van der Waals surface area contributed by atoms with Crippen molar-refractivity contribution in [2.45, 2.75) is 38.9 Å². The van der Waals surface area contributed by atoms with Crippen LogP contribution >= 0.6 is 0 Å². The number of aryl methyl sites for hydroxylation is 1.